The summed E-state index contributed by atoms with van der Waals surface area (Å²) in [6.45, 7) is 2.91. The van der Waals surface area contributed by atoms with Crippen molar-refractivity contribution in [2.24, 2.45) is 0 Å². The number of ether oxygens (including phenoxy) is 1. The maximum atomic E-state index is 5.77. The average molecular weight is 290 g/mol. The second-order valence-electron chi connectivity index (χ2n) is 5.01. The van der Waals surface area contributed by atoms with Crippen molar-refractivity contribution in [3.05, 3.63) is 46.7 Å². The second-order valence-corrected chi connectivity index (χ2v) is 5.45. The molecule has 0 saturated carbocycles. The minimum atomic E-state index is 0.247. The van der Waals surface area contributed by atoms with Crippen molar-refractivity contribution >= 4 is 17.5 Å². The fourth-order valence-electron chi connectivity index (χ4n) is 2.38. The summed E-state index contributed by atoms with van der Waals surface area (Å²) in [4.78, 5) is 8.29. The van der Waals surface area contributed by atoms with E-state index in [0.717, 1.165) is 25.2 Å². The van der Waals surface area contributed by atoms with E-state index in [1.165, 1.54) is 11.1 Å². The molecule has 0 saturated heterocycles. The first-order chi connectivity index (χ1) is 9.70. The van der Waals surface area contributed by atoms with Gasteiger partial charge in [-0.05, 0) is 30.5 Å². The molecule has 0 bridgehead atoms. The molecule has 104 valence electrons. The number of hydrogen-bond acceptors (Lipinski definition) is 4. The molecule has 1 atom stereocenters. The first kappa shape index (κ1) is 13.2. The van der Waals surface area contributed by atoms with Crippen LogP contribution >= 0.6 is 11.6 Å². The largest absolute Gasteiger partial charge is 0.493 e. The predicted octanol–water partition coefficient (Wildman–Crippen LogP) is 3.11. The third-order valence-electron chi connectivity index (χ3n) is 3.29. The molecule has 1 aromatic carbocycles. The number of nitrogens with zero attached hydrogens (tertiary/aromatic N) is 2. The maximum Gasteiger partial charge on any atom is 0.222 e. The van der Waals surface area contributed by atoms with Crippen LogP contribution in [0.25, 0.3) is 0 Å². The zero-order valence-electron chi connectivity index (χ0n) is 11.3. The lowest BCUT2D eigenvalue weighted by Gasteiger charge is -2.14. The van der Waals surface area contributed by atoms with Gasteiger partial charge in [0.25, 0.3) is 0 Å². The standard InChI is InChI=1S/C15H16ClN3O/c1-10(19-15-17-8-13(16)9-18-15)6-11-2-3-14-12(7-11)4-5-20-14/h2-3,7-10H,4-6H2,1H3,(H,17,18,19). The Kier molecular flexibility index (Phi) is 3.74. The van der Waals surface area contributed by atoms with Crippen LogP contribution in [0.5, 0.6) is 5.75 Å². The van der Waals surface area contributed by atoms with Crippen molar-refractivity contribution in [3.8, 4) is 5.75 Å². The highest BCUT2D eigenvalue weighted by Crippen LogP contribution is 2.26. The molecule has 0 fully saturated rings. The topological polar surface area (TPSA) is 47.0 Å². The van der Waals surface area contributed by atoms with Crippen LogP contribution in [0.1, 0.15) is 18.1 Å². The lowest BCUT2D eigenvalue weighted by atomic mass is 10.0. The van der Waals surface area contributed by atoms with Gasteiger partial charge in [0.05, 0.1) is 24.0 Å². The van der Waals surface area contributed by atoms with Crippen LogP contribution in [-0.2, 0) is 12.8 Å². The van der Waals surface area contributed by atoms with E-state index in [2.05, 4.69) is 40.4 Å². The molecule has 4 nitrogen and oxygen atoms in total. The zero-order chi connectivity index (χ0) is 13.9. The molecule has 1 aliphatic rings. The Labute approximate surface area is 123 Å². The summed E-state index contributed by atoms with van der Waals surface area (Å²) in [7, 11) is 0. The van der Waals surface area contributed by atoms with Crippen LogP contribution in [0.4, 0.5) is 5.95 Å². The van der Waals surface area contributed by atoms with E-state index in [1.807, 2.05) is 0 Å². The number of fused-ring (bicyclic) bond motifs is 1. The predicted molar refractivity (Wildman–Crippen MR) is 79.5 cm³/mol. The number of nitrogens with one attached hydrogen (secondary N) is 1. The minimum Gasteiger partial charge on any atom is -0.493 e. The normalized spacial score (nSPS) is 14.5. The van der Waals surface area contributed by atoms with Gasteiger partial charge in [-0.3, -0.25) is 0 Å². The van der Waals surface area contributed by atoms with Crippen LogP contribution in [0, 0.1) is 0 Å². The van der Waals surface area contributed by atoms with Gasteiger partial charge in [-0.25, -0.2) is 9.97 Å². The summed E-state index contributed by atoms with van der Waals surface area (Å²) in [6.07, 6.45) is 5.11. The number of benzene rings is 1. The molecule has 0 spiro atoms. The van der Waals surface area contributed by atoms with Crippen LogP contribution in [0.15, 0.2) is 30.6 Å². The van der Waals surface area contributed by atoms with E-state index in [-0.39, 0.29) is 6.04 Å². The maximum absolute atomic E-state index is 5.77. The van der Waals surface area contributed by atoms with E-state index >= 15 is 0 Å². The van der Waals surface area contributed by atoms with E-state index in [4.69, 9.17) is 16.3 Å². The van der Waals surface area contributed by atoms with Gasteiger partial charge in [0.1, 0.15) is 5.75 Å². The second kappa shape index (κ2) is 5.67. The lowest BCUT2D eigenvalue weighted by molar-refractivity contribution is 0.357. The fraction of sp³-hybridized carbons (Fsp3) is 0.333. The Morgan fingerprint density at radius 3 is 2.95 bits per heavy atom. The van der Waals surface area contributed by atoms with Crippen LogP contribution in [0.3, 0.4) is 0 Å². The third kappa shape index (κ3) is 3.02. The Balaban J connectivity index is 1.63. The van der Waals surface area contributed by atoms with Crippen molar-refractivity contribution < 1.29 is 4.74 Å². The van der Waals surface area contributed by atoms with E-state index in [0.29, 0.717) is 11.0 Å². The van der Waals surface area contributed by atoms with Gasteiger partial charge in [-0.2, -0.15) is 0 Å². The smallest absolute Gasteiger partial charge is 0.222 e. The Morgan fingerprint density at radius 2 is 2.15 bits per heavy atom. The molecule has 1 N–H and O–H groups in total. The molecule has 5 heteroatoms. The van der Waals surface area contributed by atoms with Gasteiger partial charge in [0.15, 0.2) is 0 Å². The molecule has 1 aliphatic heterocycles. The number of halogens is 1. The summed E-state index contributed by atoms with van der Waals surface area (Å²) >= 11 is 5.77. The lowest BCUT2D eigenvalue weighted by Crippen LogP contribution is -2.19. The quantitative estimate of drug-likeness (QED) is 0.939. The van der Waals surface area contributed by atoms with Crippen molar-refractivity contribution in [1.82, 2.24) is 9.97 Å². The molecular formula is C15H16ClN3O. The van der Waals surface area contributed by atoms with Gasteiger partial charge in [-0.1, -0.05) is 23.7 Å². The SMILES string of the molecule is CC(Cc1ccc2c(c1)CCO2)Nc1ncc(Cl)cn1. The summed E-state index contributed by atoms with van der Waals surface area (Å²) in [5.41, 5.74) is 2.60. The third-order valence-corrected chi connectivity index (χ3v) is 3.49. The van der Waals surface area contributed by atoms with Gasteiger partial charge in [0, 0.05) is 12.5 Å². The molecule has 20 heavy (non-hydrogen) atoms. The molecule has 2 aromatic rings. The highest BCUT2D eigenvalue weighted by atomic mass is 35.5. The van der Waals surface area contributed by atoms with Gasteiger partial charge < -0.3 is 10.1 Å². The molecule has 0 aliphatic carbocycles. The Morgan fingerprint density at radius 1 is 1.35 bits per heavy atom. The molecule has 0 amide bonds. The Hall–Kier alpha value is -1.81. The molecule has 3 rings (SSSR count). The van der Waals surface area contributed by atoms with Crippen LogP contribution in [0.2, 0.25) is 5.02 Å². The number of hydrogen-bond donors (Lipinski definition) is 1. The highest BCUT2D eigenvalue weighted by molar-refractivity contribution is 6.30. The average Bonchev–Trinajstić information content (AvgIpc) is 2.89. The highest BCUT2D eigenvalue weighted by Gasteiger charge is 2.13. The molecular weight excluding hydrogens is 274 g/mol. The monoisotopic (exact) mass is 289 g/mol. The minimum absolute atomic E-state index is 0.247. The number of rotatable bonds is 4. The molecule has 1 unspecified atom stereocenters. The van der Waals surface area contributed by atoms with E-state index < -0.39 is 0 Å². The summed E-state index contributed by atoms with van der Waals surface area (Å²) in [5, 5.41) is 3.82. The fourth-order valence-corrected chi connectivity index (χ4v) is 2.48. The summed E-state index contributed by atoms with van der Waals surface area (Å²) in [5.74, 6) is 1.63. The van der Waals surface area contributed by atoms with E-state index in [1.54, 1.807) is 12.4 Å². The van der Waals surface area contributed by atoms with Gasteiger partial charge in [-0.15, -0.1) is 0 Å². The van der Waals surface area contributed by atoms with Crippen molar-refractivity contribution in [3.63, 3.8) is 0 Å². The number of aromatic nitrogens is 2. The summed E-state index contributed by atoms with van der Waals surface area (Å²) < 4.78 is 5.52. The zero-order valence-corrected chi connectivity index (χ0v) is 12.0. The summed E-state index contributed by atoms with van der Waals surface area (Å²) in [6, 6.07) is 6.65. The van der Waals surface area contributed by atoms with Crippen molar-refractivity contribution in [2.75, 3.05) is 11.9 Å². The van der Waals surface area contributed by atoms with Crippen molar-refractivity contribution in [1.29, 1.82) is 0 Å². The molecule has 1 aromatic heterocycles. The molecule has 2 heterocycles. The van der Waals surface area contributed by atoms with Gasteiger partial charge in [0.2, 0.25) is 5.95 Å². The molecule has 0 radical (unpaired) electrons. The number of anilines is 1. The first-order valence-corrected chi connectivity index (χ1v) is 7.07. The Bertz CT molecular complexity index is 601. The van der Waals surface area contributed by atoms with Crippen LogP contribution < -0.4 is 10.1 Å². The van der Waals surface area contributed by atoms with E-state index in [9.17, 15) is 0 Å². The first-order valence-electron chi connectivity index (χ1n) is 6.69. The van der Waals surface area contributed by atoms with Crippen LogP contribution in [-0.4, -0.2) is 22.6 Å². The van der Waals surface area contributed by atoms with Crippen molar-refractivity contribution in [2.45, 2.75) is 25.8 Å². The van der Waals surface area contributed by atoms with Gasteiger partial charge >= 0.3 is 0 Å².